The van der Waals surface area contributed by atoms with Crippen LogP contribution in [0.1, 0.15) is 25.3 Å². The van der Waals surface area contributed by atoms with Gasteiger partial charge in [0.25, 0.3) is 0 Å². The Balaban J connectivity index is 1.65. The van der Waals surface area contributed by atoms with Crippen LogP contribution in [0.4, 0.5) is 5.69 Å². The zero-order chi connectivity index (χ0) is 17.8. The van der Waals surface area contributed by atoms with Gasteiger partial charge in [0.15, 0.2) is 0 Å². The van der Waals surface area contributed by atoms with Gasteiger partial charge in [-0.2, -0.15) is 0 Å². The molecule has 0 amide bonds. The molecule has 7 rings (SSSR count). The molecule has 1 spiro atoms. The maximum absolute atomic E-state index is 13.2. The normalized spacial score (nSPS) is 50.5. The molecule has 1 aliphatic carbocycles. The van der Waals surface area contributed by atoms with Crippen molar-refractivity contribution in [1.82, 2.24) is 4.90 Å². The summed E-state index contributed by atoms with van der Waals surface area (Å²) in [6.45, 7) is 2.96. The van der Waals surface area contributed by atoms with E-state index >= 15 is 0 Å². The third-order valence-corrected chi connectivity index (χ3v) is 8.30. The minimum Gasteiger partial charge on any atom is -0.468 e. The van der Waals surface area contributed by atoms with Crippen LogP contribution in [0, 0.1) is 11.3 Å². The molecule has 0 aromatic heterocycles. The van der Waals surface area contributed by atoms with Crippen molar-refractivity contribution in [2.75, 3.05) is 19.0 Å². The number of nitrogens with zero attached hydrogens (tertiary/aromatic N) is 1. The van der Waals surface area contributed by atoms with Gasteiger partial charge in [0.2, 0.25) is 0 Å². The van der Waals surface area contributed by atoms with E-state index in [0.29, 0.717) is 6.04 Å². The summed E-state index contributed by atoms with van der Waals surface area (Å²) in [6.07, 6.45) is 3.15. The number of benzene rings is 1. The van der Waals surface area contributed by atoms with Crippen molar-refractivity contribution in [3.8, 4) is 0 Å². The van der Waals surface area contributed by atoms with E-state index in [4.69, 9.17) is 4.74 Å². The van der Waals surface area contributed by atoms with Crippen LogP contribution in [0.3, 0.4) is 0 Å². The summed E-state index contributed by atoms with van der Waals surface area (Å²) >= 11 is 0. The number of esters is 1. The smallest absolute Gasteiger partial charge is 0.316 e. The first-order valence-electron chi connectivity index (χ1n) is 9.64. The van der Waals surface area contributed by atoms with Gasteiger partial charge in [-0.05, 0) is 31.4 Å². The first-order valence-corrected chi connectivity index (χ1v) is 9.64. The Kier molecular flexibility index (Phi) is 2.65. The molecule has 5 fully saturated rings. The number of rotatable bonds is 1. The zero-order valence-electron chi connectivity index (χ0n) is 15.1. The second-order valence-corrected chi connectivity index (χ2v) is 8.65. The predicted molar refractivity (Wildman–Crippen MR) is 96.7 cm³/mol. The minimum atomic E-state index is -0.848. The molecule has 0 radical (unpaired) electrons. The van der Waals surface area contributed by atoms with Crippen LogP contribution >= 0.6 is 0 Å². The number of piperidine rings is 4. The van der Waals surface area contributed by atoms with E-state index in [2.05, 4.69) is 35.3 Å². The Morgan fingerprint density at radius 3 is 3.00 bits per heavy atom. The number of aliphatic hydroxyl groups is 1. The highest BCUT2D eigenvalue weighted by molar-refractivity contribution is 5.84. The quantitative estimate of drug-likeness (QED) is 0.595. The number of nitrogens with one attached hydrogen (secondary N) is 1. The van der Waals surface area contributed by atoms with E-state index in [1.54, 1.807) is 0 Å². The number of aliphatic hydroxyl groups excluding tert-OH is 1. The molecule has 5 bridgehead atoms. The van der Waals surface area contributed by atoms with Crippen molar-refractivity contribution in [2.45, 2.75) is 49.4 Å². The van der Waals surface area contributed by atoms with E-state index in [-0.39, 0.29) is 24.0 Å². The van der Waals surface area contributed by atoms with Crippen LogP contribution in [-0.4, -0.2) is 53.9 Å². The first-order chi connectivity index (χ1) is 12.6. The lowest BCUT2D eigenvalue weighted by Gasteiger charge is -2.60. The summed E-state index contributed by atoms with van der Waals surface area (Å²) in [5.74, 6) is -0.154. The largest absolute Gasteiger partial charge is 0.468 e. The van der Waals surface area contributed by atoms with Crippen LogP contribution in [-0.2, 0) is 14.9 Å². The average Bonchev–Trinajstić information content (AvgIpc) is 3.13. The number of carbonyl (C=O) groups is 1. The lowest BCUT2D eigenvalue weighted by molar-refractivity contribution is -0.179. The predicted octanol–water partition coefficient (Wildman–Crippen LogP) is 1.68. The summed E-state index contributed by atoms with van der Waals surface area (Å²) in [7, 11) is 1.46. The molecule has 8 atom stereocenters. The van der Waals surface area contributed by atoms with E-state index in [0.717, 1.165) is 25.1 Å². The number of fused-ring (bicyclic) bond motifs is 2. The first kappa shape index (κ1) is 15.2. The molecular formula is C21H24N2O3. The van der Waals surface area contributed by atoms with Gasteiger partial charge in [0.1, 0.15) is 5.41 Å². The van der Waals surface area contributed by atoms with Gasteiger partial charge in [-0.25, -0.2) is 0 Å². The van der Waals surface area contributed by atoms with Crippen molar-refractivity contribution in [3.05, 3.63) is 41.5 Å². The van der Waals surface area contributed by atoms with Gasteiger partial charge >= 0.3 is 5.97 Å². The maximum Gasteiger partial charge on any atom is 0.316 e. The van der Waals surface area contributed by atoms with E-state index in [1.165, 1.54) is 18.2 Å². The van der Waals surface area contributed by atoms with Crippen molar-refractivity contribution >= 4 is 11.7 Å². The summed E-state index contributed by atoms with van der Waals surface area (Å²) in [5.41, 5.74) is 2.34. The molecule has 4 saturated heterocycles. The number of hydrogen-bond donors (Lipinski definition) is 2. The molecule has 1 saturated carbocycles. The van der Waals surface area contributed by atoms with Gasteiger partial charge in [-0.1, -0.05) is 29.8 Å². The Labute approximate surface area is 153 Å². The summed E-state index contributed by atoms with van der Waals surface area (Å²) in [5, 5.41) is 15.6. The molecule has 1 aromatic rings. The fraction of sp³-hybridized carbons (Fsp3) is 0.571. The van der Waals surface area contributed by atoms with Crippen molar-refractivity contribution < 1.29 is 14.6 Å². The second kappa shape index (κ2) is 4.52. The molecule has 8 unspecified atom stereocenters. The molecule has 5 heterocycles. The molecule has 5 nitrogen and oxygen atoms in total. The lowest BCUT2D eigenvalue weighted by Crippen LogP contribution is -2.71. The lowest BCUT2D eigenvalue weighted by atomic mass is 9.58. The average molecular weight is 352 g/mol. The zero-order valence-corrected chi connectivity index (χ0v) is 15.1. The monoisotopic (exact) mass is 352 g/mol. The molecule has 2 N–H and O–H groups in total. The molecule has 6 aliphatic rings. The minimum absolute atomic E-state index is 0.0570. The number of hydrogen-bond acceptors (Lipinski definition) is 5. The molecule has 136 valence electrons. The second-order valence-electron chi connectivity index (χ2n) is 8.65. The van der Waals surface area contributed by atoms with Crippen LogP contribution in [0.2, 0.25) is 0 Å². The van der Waals surface area contributed by atoms with E-state index < -0.39 is 16.9 Å². The van der Waals surface area contributed by atoms with Gasteiger partial charge in [0, 0.05) is 35.6 Å². The summed E-state index contributed by atoms with van der Waals surface area (Å²) in [6, 6.07) is 8.89. The molecular weight excluding hydrogens is 328 g/mol. The summed E-state index contributed by atoms with van der Waals surface area (Å²) < 4.78 is 5.34. The van der Waals surface area contributed by atoms with Crippen LogP contribution in [0.5, 0.6) is 0 Å². The molecule has 1 aromatic carbocycles. The Bertz CT molecular complexity index is 867. The van der Waals surface area contributed by atoms with Crippen molar-refractivity contribution in [2.24, 2.45) is 11.3 Å². The maximum atomic E-state index is 13.2. The highest BCUT2D eigenvalue weighted by Gasteiger charge is 2.82. The van der Waals surface area contributed by atoms with Crippen LogP contribution < -0.4 is 5.32 Å². The fourth-order valence-electron chi connectivity index (χ4n) is 7.49. The highest BCUT2D eigenvalue weighted by atomic mass is 16.5. The van der Waals surface area contributed by atoms with Gasteiger partial charge in [0.05, 0.1) is 19.3 Å². The Morgan fingerprint density at radius 1 is 1.42 bits per heavy atom. The third-order valence-electron chi connectivity index (χ3n) is 8.30. The highest BCUT2D eigenvalue weighted by Crippen LogP contribution is 2.71. The molecule has 5 aliphatic heterocycles. The van der Waals surface area contributed by atoms with Gasteiger partial charge in [-0.15, -0.1) is 0 Å². The number of allylic oxidation sites excluding steroid dienone is 1. The van der Waals surface area contributed by atoms with Crippen molar-refractivity contribution in [1.29, 1.82) is 0 Å². The van der Waals surface area contributed by atoms with E-state index in [9.17, 15) is 9.90 Å². The fourth-order valence-corrected chi connectivity index (χ4v) is 7.49. The number of carbonyl (C=O) groups excluding carboxylic acids is 1. The number of para-hydroxylation sites is 1. The topological polar surface area (TPSA) is 61.8 Å². The van der Waals surface area contributed by atoms with E-state index in [1.807, 2.05) is 12.1 Å². The van der Waals surface area contributed by atoms with Gasteiger partial charge < -0.3 is 15.2 Å². The van der Waals surface area contributed by atoms with Crippen molar-refractivity contribution in [3.63, 3.8) is 0 Å². The van der Waals surface area contributed by atoms with Gasteiger partial charge in [-0.3, -0.25) is 9.69 Å². The third kappa shape index (κ3) is 1.28. The number of methoxy groups -OCH3 is 1. The summed E-state index contributed by atoms with van der Waals surface area (Å²) in [4.78, 5) is 15.7. The number of anilines is 1. The van der Waals surface area contributed by atoms with Crippen LogP contribution in [0.15, 0.2) is 35.9 Å². The Morgan fingerprint density at radius 2 is 2.23 bits per heavy atom. The molecule has 26 heavy (non-hydrogen) atoms. The molecule has 5 heteroatoms. The van der Waals surface area contributed by atoms with Crippen LogP contribution in [0.25, 0.3) is 0 Å². The standard InChI is InChI=1S/C21H24N2O3/c1-3-11-10-23-15-8-13(11)21(19(25)26-2)16(23)9-20(18(21)24)12-6-4-5-7-14(12)22-17(15)20/h3-7,13,15-18,22,24H,8-10H2,1-2H3/b11-3-. The Hall–Kier alpha value is -1.85. The SMILES string of the molecule is C/C=C1/CN2C3CC1C1(C(=O)OC)C2CC2(c4ccccc4NC32)C1O. The number of ether oxygens (including phenoxy) is 1.